The molecule has 0 bridgehead atoms. The summed E-state index contributed by atoms with van der Waals surface area (Å²) >= 11 is 0. The molecule has 100 valence electrons. The van der Waals surface area contributed by atoms with Crippen molar-refractivity contribution < 1.29 is 41.2 Å². The highest BCUT2D eigenvalue weighted by Crippen LogP contribution is 2.42. The molecule has 0 aliphatic carbocycles. The van der Waals surface area contributed by atoms with Crippen molar-refractivity contribution in [2.45, 2.75) is 13.1 Å². The molecule has 17 heavy (non-hydrogen) atoms. The Kier molecular flexibility index (Phi) is 5.83. The van der Waals surface area contributed by atoms with Crippen molar-refractivity contribution in [1.29, 1.82) is 0 Å². The average Bonchev–Trinajstić information content (AvgIpc) is 2.14. The van der Waals surface area contributed by atoms with E-state index in [1.54, 1.807) is 0 Å². The maximum atomic E-state index is 11.9. The number of rotatable bonds is 6. The first-order valence-electron chi connectivity index (χ1n) is 4.15. The lowest BCUT2D eigenvalue weighted by molar-refractivity contribution is -0.156. The number of ether oxygens (including phenoxy) is 1. The van der Waals surface area contributed by atoms with Gasteiger partial charge in [-0.1, -0.05) is 6.58 Å². The predicted molar refractivity (Wildman–Crippen MR) is 48.7 cm³/mol. The lowest BCUT2D eigenvalue weighted by Gasteiger charge is -2.12. The van der Waals surface area contributed by atoms with E-state index in [2.05, 4.69) is 20.4 Å². The van der Waals surface area contributed by atoms with Gasteiger partial charge in [-0.05, 0) is 6.92 Å². The number of phosphoric acid groups is 1. The first-order valence-corrected chi connectivity index (χ1v) is 5.65. The van der Waals surface area contributed by atoms with E-state index in [0.717, 1.165) is 0 Å². The van der Waals surface area contributed by atoms with Gasteiger partial charge in [0.15, 0.2) is 0 Å². The van der Waals surface area contributed by atoms with Crippen molar-refractivity contribution in [3.63, 3.8) is 0 Å². The largest absolute Gasteiger partial charge is 0.475 e. The summed E-state index contributed by atoms with van der Waals surface area (Å²) in [5.41, 5.74) is -1.75. The molecule has 10 heteroatoms. The van der Waals surface area contributed by atoms with Gasteiger partial charge in [-0.2, -0.15) is 13.2 Å². The van der Waals surface area contributed by atoms with Crippen molar-refractivity contribution in [2.24, 2.45) is 0 Å². The van der Waals surface area contributed by atoms with Crippen molar-refractivity contribution in [2.75, 3.05) is 13.4 Å². The summed E-state index contributed by atoms with van der Waals surface area (Å²) < 4.78 is 58.7. The summed E-state index contributed by atoms with van der Waals surface area (Å²) in [6.45, 7) is 2.55. The Morgan fingerprint density at radius 3 is 2.35 bits per heavy atom. The number of halogens is 3. The number of carbonyl (C=O) groups is 1. The maximum absolute atomic E-state index is 11.9. The van der Waals surface area contributed by atoms with Gasteiger partial charge in [0.05, 0.1) is 6.61 Å². The Morgan fingerprint density at radius 1 is 1.41 bits per heavy atom. The SMILES string of the molecule is C=C(C(=O)OCOP(=O)(O)OCC)C(F)(F)F. The van der Waals surface area contributed by atoms with Crippen LogP contribution < -0.4 is 0 Å². The number of hydrogen-bond acceptors (Lipinski definition) is 5. The number of carbonyl (C=O) groups excluding carboxylic acids is 1. The van der Waals surface area contributed by atoms with E-state index in [1.165, 1.54) is 6.92 Å². The highest BCUT2D eigenvalue weighted by atomic mass is 31.2. The molecule has 0 amide bonds. The van der Waals surface area contributed by atoms with E-state index in [1.807, 2.05) is 0 Å². The molecule has 1 N–H and O–H groups in total. The first kappa shape index (κ1) is 16.1. The Bertz CT molecular complexity index is 339. The van der Waals surface area contributed by atoms with E-state index in [4.69, 9.17) is 4.89 Å². The number of alkyl halides is 3. The van der Waals surface area contributed by atoms with Gasteiger partial charge in [-0.3, -0.25) is 4.52 Å². The Balaban J connectivity index is 4.11. The summed E-state index contributed by atoms with van der Waals surface area (Å²) in [5, 5.41) is 0. The normalized spacial score (nSPS) is 15.1. The summed E-state index contributed by atoms with van der Waals surface area (Å²) in [6.07, 6.45) is -4.93. The monoisotopic (exact) mass is 278 g/mol. The van der Waals surface area contributed by atoms with E-state index >= 15 is 0 Å². The number of esters is 1. The van der Waals surface area contributed by atoms with Crippen LogP contribution in [0.3, 0.4) is 0 Å². The van der Waals surface area contributed by atoms with Gasteiger partial charge >= 0.3 is 20.0 Å². The zero-order valence-corrected chi connectivity index (χ0v) is 9.59. The second-order valence-electron chi connectivity index (χ2n) is 2.54. The second kappa shape index (κ2) is 6.15. The van der Waals surface area contributed by atoms with E-state index in [-0.39, 0.29) is 6.61 Å². The van der Waals surface area contributed by atoms with E-state index < -0.39 is 32.3 Å². The van der Waals surface area contributed by atoms with E-state index in [9.17, 15) is 22.5 Å². The molecule has 0 heterocycles. The summed E-state index contributed by atoms with van der Waals surface area (Å²) in [4.78, 5) is 19.5. The van der Waals surface area contributed by atoms with Crippen LogP contribution in [0.2, 0.25) is 0 Å². The molecule has 1 unspecified atom stereocenters. The Hall–Kier alpha value is -0.890. The van der Waals surface area contributed by atoms with Crippen molar-refractivity contribution >= 4 is 13.8 Å². The fraction of sp³-hybridized carbons (Fsp3) is 0.571. The van der Waals surface area contributed by atoms with Gasteiger partial charge in [-0.25, -0.2) is 13.9 Å². The van der Waals surface area contributed by atoms with E-state index in [0.29, 0.717) is 0 Å². The van der Waals surface area contributed by atoms with Crippen LogP contribution in [0.5, 0.6) is 0 Å². The summed E-state index contributed by atoms with van der Waals surface area (Å²) in [5.74, 6) is -1.80. The fourth-order valence-corrected chi connectivity index (χ4v) is 1.14. The first-order chi connectivity index (χ1) is 7.60. The van der Waals surface area contributed by atoms with Crippen LogP contribution in [0.4, 0.5) is 13.2 Å². The second-order valence-corrected chi connectivity index (χ2v) is 3.99. The molecule has 0 aromatic rings. The summed E-state index contributed by atoms with van der Waals surface area (Å²) in [6, 6.07) is 0. The van der Waals surface area contributed by atoms with Gasteiger partial charge in [-0.15, -0.1) is 0 Å². The van der Waals surface area contributed by atoms with Crippen LogP contribution in [0.25, 0.3) is 0 Å². The molecule has 0 rings (SSSR count). The third-order valence-corrected chi connectivity index (χ3v) is 2.30. The van der Waals surface area contributed by atoms with Crippen LogP contribution >= 0.6 is 7.82 Å². The maximum Gasteiger partial charge on any atom is 0.475 e. The molecule has 0 saturated carbocycles. The van der Waals surface area contributed by atoms with Gasteiger partial charge < -0.3 is 9.63 Å². The van der Waals surface area contributed by atoms with Crippen LogP contribution in [-0.4, -0.2) is 30.4 Å². The highest BCUT2D eigenvalue weighted by molar-refractivity contribution is 7.47. The topological polar surface area (TPSA) is 82.1 Å². The van der Waals surface area contributed by atoms with Gasteiger partial charge in [0.25, 0.3) is 0 Å². The molecule has 6 nitrogen and oxygen atoms in total. The minimum Gasteiger partial charge on any atom is -0.434 e. The predicted octanol–water partition coefficient (Wildman–Crippen LogP) is 1.76. The fourth-order valence-electron chi connectivity index (χ4n) is 0.550. The number of phosphoric ester groups is 1. The molecule has 0 aliphatic rings. The third-order valence-electron chi connectivity index (χ3n) is 1.29. The van der Waals surface area contributed by atoms with Crippen molar-refractivity contribution in [1.82, 2.24) is 0 Å². The minimum atomic E-state index is -4.93. The Morgan fingerprint density at radius 2 is 1.94 bits per heavy atom. The van der Waals surface area contributed by atoms with Crippen LogP contribution in [0.1, 0.15) is 6.92 Å². The van der Waals surface area contributed by atoms with Crippen LogP contribution in [-0.2, 0) is 23.1 Å². The van der Waals surface area contributed by atoms with Crippen molar-refractivity contribution in [3.05, 3.63) is 12.2 Å². The smallest absolute Gasteiger partial charge is 0.434 e. The zero-order valence-electron chi connectivity index (χ0n) is 8.69. The Labute approximate surface area is 94.6 Å². The molecule has 0 spiro atoms. The number of hydrogen-bond donors (Lipinski definition) is 1. The molecule has 0 saturated heterocycles. The molecule has 0 aromatic heterocycles. The lowest BCUT2D eigenvalue weighted by atomic mass is 10.3. The standard InChI is InChI=1S/C7H10F3O6P/c1-3-15-17(12,13)16-4-14-6(11)5(2)7(8,9)10/h2-4H2,1H3,(H,12,13). The summed E-state index contributed by atoms with van der Waals surface area (Å²) in [7, 11) is -4.41. The average molecular weight is 278 g/mol. The molecule has 0 aromatic carbocycles. The minimum absolute atomic E-state index is 0.156. The molecule has 0 aliphatic heterocycles. The van der Waals surface area contributed by atoms with Crippen LogP contribution in [0.15, 0.2) is 12.2 Å². The quantitative estimate of drug-likeness (QED) is 0.345. The molecule has 0 radical (unpaired) electrons. The highest BCUT2D eigenvalue weighted by Gasteiger charge is 2.38. The zero-order chi connectivity index (χ0) is 13.7. The van der Waals surface area contributed by atoms with Gasteiger partial charge in [0, 0.05) is 0 Å². The molecule has 0 fully saturated rings. The van der Waals surface area contributed by atoms with Crippen molar-refractivity contribution in [3.8, 4) is 0 Å². The molecular formula is C7H10F3O6P. The van der Waals surface area contributed by atoms with Crippen LogP contribution in [0, 0.1) is 0 Å². The molecule has 1 atom stereocenters. The van der Waals surface area contributed by atoms with Gasteiger partial charge in [0.2, 0.25) is 6.79 Å². The molecular weight excluding hydrogens is 268 g/mol. The van der Waals surface area contributed by atoms with Gasteiger partial charge in [0.1, 0.15) is 5.57 Å². The third kappa shape index (κ3) is 6.42. The lowest BCUT2D eigenvalue weighted by Crippen LogP contribution is -2.21.